The highest BCUT2D eigenvalue weighted by Gasteiger charge is 2.32. The molecule has 1 amide bonds. The van der Waals surface area contributed by atoms with Crippen molar-refractivity contribution in [1.82, 2.24) is 10.6 Å². The lowest BCUT2D eigenvalue weighted by atomic mass is 9.94. The van der Waals surface area contributed by atoms with Crippen LogP contribution in [0.1, 0.15) is 11.7 Å². The van der Waals surface area contributed by atoms with Crippen molar-refractivity contribution in [3.05, 3.63) is 34.6 Å². The molecule has 5 nitrogen and oxygen atoms in total. The first-order chi connectivity index (χ1) is 10.6. The second kappa shape index (κ2) is 10.1. The van der Waals surface area contributed by atoms with E-state index in [0.717, 1.165) is 0 Å². The maximum Gasteiger partial charge on any atom is 0.227 e. The average Bonchev–Trinajstić information content (AvgIpc) is 2.76. The zero-order chi connectivity index (χ0) is 15.9. The van der Waals surface area contributed by atoms with Gasteiger partial charge in [0.1, 0.15) is 5.82 Å². The Morgan fingerprint density at radius 2 is 2.35 bits per heavy atom. The minimum absolute atomic E-state index is 0. The molecule has 1 saturated heterocycles. The number of carbonyl (C=O) groups is 1. The fourth-order valence-corrected chi connectivity index (χ4v) is 2.51. The summed E-state index contributed by atoms with van der Waals surface area (Å²) in [5.74, 6) is -1.11. The number of rotatable bonds is 5. The van der Waals surface area contributed by atoms with Crippen LogP contribution in [0.2, 0.25) is 5.02 Å². The van der Waals surface area contributed by atoms with E-state index in [-0.39, 0.29) is 23.3 Å². The summed E-state index contributed by atoms with van der Waals surface area (Å²) in [6.07, 6.45) is -0.510. The van der Waals surface area contributed by atoms with Crippen molar-refractivity contribution in [3.63, 3.8) is 0 Å². The van der Waals surface area contributed by atoms with Crippen LogP contribution in [0, 0.1) is 11.7 Å². The van der Waals surface area contributed by atoms with E-state index in [0.29, 0.717) is 38.4 Å². The van der Waals surface area contributed by atoms with Gasteiger partial charge in [-0.25, -0.2) is 4.39 Å². The number of halogens is 3. The van der Waals surface area contributed by atoms with Crippen LogP contribution >= 0.6 is 24.0 Å². The topological polar surface area (TPSA) is 59.6 Å². The van der Waals surface area contributed by atoms with Gasteiger partial charge in [0.15, 0.2) is 0 Å². The lowest BCUT2D eigenvalue weighted by Crippen LogP contribution is -2.40. The van der Waals surface area contributed by atoms with E-state index >= 15 is 0 Å². The fraction of sp³-hybridized carbons (Fsp3) is 0.533. The maximum atomic E-state index is 13.7. The van der Waals surface area contributed by atoms with Crippen LogP contribution in [0.15, 0.2) is 18.2 Å². The summed E-state index contributed by atoms with van der Waals surface area (Å²) < 4.78 is 24.4. The standard InChI is InChI=1S/C15H20ClFN2O3.ClH/c1-21-6-5-19-15(20)11-9-18-4-7-22-14(11)10-2-3-12(16)13(17)8-10;/h2-3,8,11,14,18H,4-7,9H2,1H3,(H,19,20);1H/t11-,14+;/m1./s1. The molecule has 0 spiro atoms. The molecule has 0 unspecified atom stereocenters. The molecule has 1 aliphatic heterocycles. The minimum Gasteiger partial charge on any atom is -0.383 e. The third kappa shape index (κ3) is 5.58. The molecule has 1 heterocycles. The minimum atomic E-state index is -0.515. The summed E-state index contributed by atoms with van der Waals surface area (Å²) in [5.41, 5.74) is 0.609. The molecule has 130 valence electrons. The van der Waals surface area contributed by atoms with Crippen LogP contribution in [0.5, 0.6) is 0 Å². The monoisotopic (exact) mass is 366 g/mol. The molecule has 23 heavy (non-hydrogen) atoms. The van der Waals surface area contributed by atoms with Crippen LogP contribution in [-0.4, -0.2) is 45.9 Å². The van der Waals surface area contributed by atoms with Gasteiger partial charge in [-0.3, -0.25) is 4.79 Å². The van der Waals surface area contributed by atoms with Crippen molar-refractivity contribution in [2.75, 3.05) is 40.0 Å². The van der Waals surface area contributed by atoms with Gasteiger partial charge in [0.05, 0.1) is 30.3 Å². The number of amides is 1. The average molecular weight is 367 g/mol. The summed E-state index contributed by atoms with van der Waals surface area (Å²) in [6, 6.07) is 4.50. The van der Waals surface area contributed by atoms with Crippen LogP contribution in [0.3, 0.4) is 0 Å². The molecule has 2 rings (SSSR count). The molecule has 1 aromatic carbocycles. The van der Waals surface area contributed by atoms with Crippen LogP contribution in [0.4, 0.5) is 4.39 Å². The van der Waals surface area contributed by atoms with Gasteiger partial charge in [-0.15, -0.1) is 12.4 Å². The van der Waals surface area contributed by atoms with Crippen molar-refractivity contribution < 1.29 is 18.7 Å². The number of ether oxygens (including phenoxy) is 2. The molecule has 1 aromatic rings. The number of benzene rings is 1. The van der Waals surface area contributed by atoms with Gasteiger partial charge in [-0.1, -0.05) is 17.7 Å². The zero-order valence-corrected chi connectivity index (χ0v) is 14.4. The highest BCUT2D eigenvalue weighted by Crippen LogP contribution is 2.29. The quantitative estimate of drug-likeness (QED) is 0.781. The predicted molar refractivity (Wildman–Crippen MR) is 88.6 cm³/mol. The van der Waals surface area contributed by atoms with E-state index in [4.69, 9.17) is 21.1 Å². The maximum absolute atomic E-state index is 13.7. The molecular weight excluding hydrogens is 346 g/mol. The van der Waals surface area contributed by atoms with Crippen molar-refractivity contribution in [1.29, 1.82) is 0 Å². The molecular formula is C15H21Cl2FN2O3. The van der Waals surface area contributed by atoms with E-state index in [1.165, 1.54) is 12.1 Å². The van der Waals surface area contributed by atoms with Gasteiger partial charge in [-0.05, 0) is 17.7 Å². The number of hydrogen-bond donors (Lipinski definition) is 2. The van der Waals surface area contributed by atoms with Gasteiger partial charge < -0.3 is 20.1 Å². The predicted octanol–water partition coefficient (Wildman–Crippen LogP) is 1.94. The Morgan fingerprint density at radius 3 is 3.04 bits per heavy atom. The molecule has 0 radical (unpaired) electrons. The summed E-state index contributed by atoms with van der Waals surface area (Å²) in [4.78, 5) is 12.4. The zero-order valence-electron chi connectivity index (χ0n) is 12.8. The van der Waals surface area contributed by atoms with Gasteiger partial charge in [0.2, 0.25) is 5.91 Å². The largest absolute Gasteiger partial charge is 0.383 e. The van der Waals surface area contributed by atoms with Crippen molar-refractivity contribution >= 4 is 29.9 Å². The summed E-state index contributed by atoms with van der Waals surface area (Å²) in [6.45, 7) is 2.43. The Labute approximate surface area is 146 Å². The van der Waals surface area contributed by atoms with E-state index in [2.05, 4.69) is 10.6 Å². The Bertz CT molecular complexity index is 519. The summed E-state index contributed by atoms with van der Waals surface area (Å²) >= 11 is 5.71. The van der Waals surface area contributed by atoms with Crippen molar-refractivity contribution in [3.8, 4) is 0 Å². The Balaban J connectivity index is 0.00000264. The van der Waals surface area contributed by atoms with Crippen molar-refractivity contribution in [2.24, 2.45) is 5.92 Å². The third-order valence-electron chi connectivity index (χ3n) is 3.52. The SMILES string of the molecule is COCCNC(=O)[C@@H]1CNCCO[C@H]1c1ccc(Cl)c(F)c1.Cl. The lowest BCUT2D eigenvalue weighted by molar-refractivity contribution is -0.129. The Kier molecular flexibility index (Phi) is 8.79. The van der Waals surface area contributed by atoms with E-state index in [1.54, 1.807) is 13.2 Å². The molecule has 2 N–H and O–H groups in total. The lowest BCUT2D eigenvalue weighted by Gasteiger charge is -2.24. The second-order valence-electron chi connectivity index (χ2n) is 5.06. The number of hydrogen-bond acceptors (Lipinski definition) is 4. The smallest absolute Gasteiger partial charge is 0.227 e. The summed E-state index contributed by atoms with van der Waals surface area (Å²) in [5, 5.41) is 6.01. The van der Waals surface area contributed by atoms with Gasteiger partial charge >= 0.3 is 0 Å². The van der Waals surface area contributed by atoms with Crippen LogP contribution in [0.25, 0.3) is 0 Å². The number of nitrogens with one attached hydrogen (secondary N) is 2. The van der Waals surface area contributed by atoms with Crippen molar-refractivity contribution in [2.45, 2.75) is 6.10 Å². The van der Waals surface area contributed by atoms with E-state index < -0.39 is 17.8 Å². The second-order valence-corrected chi connectivity index (χ2v) is 5.47. The molecule has 0 saturated carbocycles. The Hall–Kier alpha value is -0.920. The molecule has 0 bridgehead atoms. The summed E-state index contributed by atoms with van der Waals surface area (Å²) in [7, 11) is 1.57. The first-order valence-corrected chi connectivity index (χ1v) is 7.55. The van der Waals surface area contributed by atoms with E-state index in [1.807, 2.05) is 0 Å². The fourth-order valence-electron chi connectivity index (χ4n) is 2.39. The highest BCUT2D eigenvalue weighted by molar-refractivity contribution is 6.30. The first kappa shape index (κ1) is 20.1. The molecule has 2 atom stereocenters. The number of methoxy groups -OCH3 is 1. The van der Waals surface area contributed by atoms with Crippen LogP contribution in [-0.2, 0) is 14.3 Å². The molecule has 1 fully saturated rings. The molecule has 0 aromatic heterocycles. The normalized spacial score (nSPS) is 21.2. The molecule has 1 aliphatic rings. The van der Waals surface area contributed by atoms with Gasteiger partial charge in [0.25, 0.3) is 0 Å². The first-order valence-electron chi connectivity index (χ1n) is 7.17. The van der Waals surface area contributed by atoms with E-state index in [9.17, 15) is 9.18 Å². The molecule has 0 aliphatic carbocycles. The highest BCUT2D eigenvalue weighted by atomic mass is 35.5. The molecule has 8 heteroatoms. The Morgan fingerprint density at radius 1 is 1.57 bits per heavy atom. The van der Waals surface area contributed by atoms with Gasteiger partial charge in [0, 0.05) is 26.7 Å². The van der Waals surface area contributed by atoms with Gasteiger partial charge in [-0.2, -0.15) is 0 Å². The van der Waals surface area contributed by atoms with Crippen LogP contribution < -0.4 is 10.6 Å². The third-order valence-corrected chi connectivity index (χ3v) is 3.83. The number of carbonyl (C=O) groups excluding carboxylic acids is 1.